The first-order chi connectivity index (χ1) is 12.5. The van der Waals surface area contributed by atoms with Crippen molar-refractivity contribution in [1.82, 2.24) is 14.7 Å². The summed E-state index contributed by atoms with van der Waals surface area (Å²) in [4.78, 5) is 14.5. The molecular formula is C19H26N4O2S. The average molecular weight is 375 g/mol. The second kappa shape index (κ2) is 8.03. The van der Waals surface area contributed by atoms with Crippen LogP contribution in [0.15, 0.2) is 36.5 Å². The van der Waals surface area contributed by atoms with Crippen LogP contribution in [-0.4, -0.2) is 49.5 Å². The van der Waals surface area contributed by atoms with Crippen LogP contribution in [0, 0.1) is 5.92 Å². The second-order valence-corrected chi connectivity index (χ2v) is 8.76. The predicted molar refractivity (Wildman–Crippen MR) is 105 cm³/mol. The van der Waals surface area contributed by atoms with Gasteiger partial charge in [0.25, 0.3) is 0 Å². The summed E-state index contributed by atoms with van der Waals surface area (Å²) in [6, 6.07) is 9.75. The lowest BCUT2D eigenvalue weighted by Gasteiger charge is -2.23. The van der Waals surface area contributed by atoms with Gasteiger partial charge in [-0.1, -0.05) is 39.0 Å². The molecule has 0 bridgehead atoms. The molecule has 0 spiro atoms. The van der Waals surface area contributed by atoms with Crippen LogP contribution in [0.5, 0.6) is 0 Å². The van der Waals surface area contributed by atoms with Crippen molar-refractivity contribution >= 4 is 22.5 Å². The highest BCUT2D eigenvalue weighted by molar-refractivity contribution is 7.85. The molecule has 0 saturated carbocycles. The molecule has 2 heterocycles. The normalized spacial score (nSPS) is 20.8. The van der Waals surface area contributed by atoms with Gasteiger partial charge in [-0.3, -0.25) is 4.21 Å². The first-order valence-electron chi connectivity index (χ1n) is 9.00. The zero-order valence-corrected chi connectivity index (χ0v) is 16.3. The fourth-order valence-corrected chi connectivity index (χ4v) is 4.63. The Bertz CT molecular complexity index is 788. The number of anilines is 1. The Hall–Kier alpha value is -2.15. The van der Waals surface area contributed by atoms with E-state index >= 15 is 0 Å². The van der Waals surface area contributed by atoms with Crippen molar-refractivity contribution in [2.45, 2.75) is 26.7 Å². The highest BCUT2D eigenvalue weighted by Crippen LogP contribution is 2.27. The molecule has 1 fully saturated rings. The second-order valence-electron chi connectivity index (χ2n) is 7.14. The maximum absolute atomic E-state index is 12.8. The molecule has 1 aliphatic heterocycles. The van der Waals surface area contributed by atoms with Crippen molar-refractivity contribution in [2.75, 3.05) is 29.9 Å². The summed E-state index contributed by atoms with van der Waals surface area (Å²) >= 11 is 0. The van der Waals surface area contributed by atoms with Crippen LogP contribution in [0.4, 0.5) is 10.5 Å². The zero-order valence-electron chi connectivity index (χ0n) is 15.5. The molecule has 1 saturated heterocycles. The van der Waals surface area contributed by atoms with Crippen molar-refractivity contribution in [2.24, 2.45) is 5.92 Å². The van der Waals surface area contributed by atoms with Crippen LogP contribution in [0.25, 0.3) is 5.69 Å². The van der Waals surface area contributed by atoms with Gasteiger partial charge in [0.05, 0.1) is 23.3 Å². The van der Waals surface area contributed by atoms with Crippen LogP contribution < -0.4 is 5.32 Å². The van der Waals surface area contributed by atoms with Gasteiger partial charge in [-0.25, -0.2) is 9.48 Å². The number of para-hydroxylation sites is 1. The summed E-state index contributed by atoms with van der Waals surface area (Å²) < 4.78 is 13.7. The monoisotopic (exact) mass is 374 g/mol. The van der Waals surface area contributed by atoms with Crippen molar-refractivity contribution in [3.05, 3.63) is 42.2 Å². The molecule has 1 aliphatic rings. The van der Waals surface area contributed by atoms with Crippen molar-refractivity contribution in [3.63, 3.8) is 0 Å². The molecule has 1 N–H and O–H groups in total. The molecule has 2 amide bonds. The molecule has 2 atom stereocenters. The van der Waals surface area contributed by atoms with Gasteiger partial charge >= 0.3 is 6.03 Å². The lowest BCUT2D eigenvalue weighted by molar-refractivity contribution is 0.210. The number of hydrogen-bond donors (Lipinski definition) is 1. The molecule has 2 aromatic rings. The van der Waals surface area contributed by atoms with Gasteiger partial charge in [0.15, 0.2) is 0 Å². The minimum atomic E-state index is -0.842. The SMILES string of the molecule is CC1CN(C(=O)Nc2cnn(-c3ccccc3)c2C(C)C)CCS(=O)C1. The van der Waals surface area contributed by atoms with Crippen molar-refractivity contribution < 1.29 is 9.00 Å². The molecule has 7 heteroatoms. The molecule has 2 unspecified atom stereocenters. The quantitative estimate of drug-likeness (QED) is 0.897. The lowest BCUT2D eigenvalue weighted by Crippen LogP contribution is -2.38. The third-order valence-corrected chi connectivity index (χ3v) is 6.05. The molecule has 6 nitrogen and oxygen atoms in total. The highest BCUT2D eigenvalue weighted by atomic mass is 32.2. The topological polar surface area (TPSA) is 67.2 Å². The molecule has 140 valence electrons. The minimum Gasteiger partial charge on any atom is -0.323 e. The van der Waals surface area contributed by atoms with Crippen LogP contribution in [-0.2, 0) is 10.8 Å². The standard InChI is InChI=1S/C19H26N4O2S/c1-14(2)18-17(11-20-23(18)16-7-5-4-6-8-16)21-19(24)22-9-10-26(25)13-15(3)12-22/h4-8,11,14-15H,9-10,12-13H2,1-3H3,(H,21,24). The van der Waals surface area contributed by atoms with Crippen molar-refractivity contribution in [1.29, 1.82) is 0 Å². The molecule has 0 aliphatic carbocycles. The van der Waals surface area contributed by atoms with E-state index in [4.69, 9.17) is 0 Å². The highest BCUT2D eigenvalue weighted by Gasteiger charge is 2.24. The van der Waals surface area contributed by atoms with Gasteiger partial charge < -0.3 is 10.2 Å². The smallest absolute Gasteiger partial charge is 0.321 e. The summed E-state index contributed by atoms with van der Waals surface area (Å²) in [5.41, 5.74) is 2.67. The van der Waals surface area contributed by atoms with E-state index in [1.807, 2.05) is 41.9 Å². The molecular weight excluding hydrogens is 348 g/mol. The number of rotatable bonds is 3. The van der Waals surface area contributed by atoms with E-state index < -0.39 is 10.8 Å². The van der Waals surface area contributed by atoms with E-state index in [-0.39, 0.29) is 17.9 Å². The number of amides is 2. The number of carbonyl (C=O) groups is 1. The first-order valence-corrected chi connectivity index (χ1v) is 10.5. The number of nitrogens with one attached hydrogen (secondary N) is 1. The Labute approximate surface area is 157 Å². The van der Waals surface area contributed by atoms with Gasteiger partial charge in [-0.15, -0.1) is 0 Å². The molecule has 1 aromatic heterocycles. The summed E-state index contributed by atoms with van der Waals surface area (Å²) in [5.74, 6) is 1.63. The van der Waals surface area contributed by atoms with Gasteiger partial charge in [0.2, 0.25) is 0 Å². The van der Waals surface area contributed by atoms with Gasteiger partial charge in [-0.2, -0.15) is 5.10 Å². The summed E-state index contributed by atoms with van der Waals surface area (Å²) in [7, 11) is -0.842. The van der Waals surface area contributed by atoms with Gasteiger partial charge in [-0.05, 0) is 24.0 Å². The number of carbonyl (C=O) groups excluding carboxylic acids is 1. The number of urea groups is 1. The van der Waals surface area contributed by atoms with Crippen LogP contribution in [0.1, 0.15) is 32.4 Å². The fraction of sp³-hybridized carbons (Fsp3) is 0.474. The van der Waals surface area contributed by atoms with E-state index in [9.17, 15) is 9.00 Å². The molecule has 26 heavy (non-hydrogen) atoms. The Balaban J connectivity index is 1.82. The Morgan fingerprint density at radius 2 is 2.04 bits per heavy atom. The summed E-state index contributed by atoms with van der Waals surface area (Å²) in [5, 5.41) is 7.51. The maximum Gasteiger partial charge on any atom is 0.321 e. The van der Waals surface area contributed by atoms with Crippen LogP contribution in [0.3, 0.4) is 0 Å². The Morgan fingerprint density at radius 1 is 1.31 bits per heavy atom. The average Bonchev–Trinajstić information content (AvgIpc) is 2.94. The Kier molecular flexibility index (Phi) is 5.76. The number of benzene rings is 1. The summed E-state index contributed by atoms with van der Waals surface area (Å²) in [6.07, 6.45) is 1.71. The third kappa shape index (κ3) is 4.15. The van der Waals surface area contributed by atoms with E-state index in [0.717, 1.165) is 17.1 Å². The van der Waals surface area contributed by atoms with Gasteiger partial charge in [0, 0.05) is 35.4 Å². The van der Waals surface area contributed by atoms with E-state index in [0.29, 0.717) is 24.6 Å². The Morgan fingerprint density at radius 3 is 2.73 bits per heavy atom. The van der Waals surface area contributed by atoms with E-state index in [1.165, 1.54) is 0 Å². The predicted octanol–water partition coefficient (Wildman–Crippen LogP) is 3.23. The number of hydrogen-bond acceptors (Lipinski definition) is 3. The summed E-state index contributed by atoms with van der Waals surface area (Å²) in [6.45, 7) is 7.36. The molecule has 3 rings (SSSR count). The van der Waals surface area contributed by atoms with Crippen molar-refractivity contribution in [3.8, 4) is 5.69 Å². The zero-order chi connectivity index (χ0) is 18.7. The number of nitrogens with zero attached hydrogens (tertiary/aromatic N) is 3. The van der Waals surface area contributed by atoms with Gasteiger partial charge in [0.1, 0.15) is 0 Å². The fourth-order valence-electron chi connectivity index (χ4n) is 3.30. The molecule has 1 aromatic carbocycles. The lowest BCUT2D eigenvalue weighted by atomic mass is 10.1. The largest absolute Gasteiger partial charge is 0.323 e. The number of aromatic nitrogens is 2. The van der Waals surface area contributed by atoms with Crippen LogP contribution in [0.2, 0.25) is 0 Å². The third-order valence-electron chi connectivity index (χ3n) is 4.47. The first kappa shape index (κ1) is 18.6. The minimum absolute atomic E-state index is 0.148. The van der Waals surface area contributed by atoms with E-state index in [1.54, 1.807) is 11.1 Å². The molecule has 0 radical (unpaired) electrons. The van der Waals surface area contributed by atoms with Crippen LogP contribution >= 0.6 is 0 Å². The van der Waals surface area contributed by atoms with E-state index in [2.05, 4.69) is 24.3 Å². The maximum atomic E-state index is 12.8.